The first kappa shape index (κ1) is 19.8. The van der Waals surface area contributed by atoms with Crippen LogP contribution in [-0.4, -0.2) is 38.0 Å². The highest BCUT2D eigenvalue weighted by atomic mass is 32.2. The van der Waals surface area contributed by atoms with Crippen molar-refractivity contribution < 1.29 is 13.2 Å². The van der Waals surface area contributed by atoms with E-state index in [0.717, 1.165) is 27.4 Å². The maximum Gasteiger partial charge on any atom is 0.284 e. The number of carbonyl (C=O) groups excluding carboxylic acids is 1. The van der Waals surface area contributed by atoms with Gasteiger partial charge in [0.25, 0.3) is 15.9 Å². The van der Waals surface area contributed by atoms with E-state index in [1.165, 1.54) is 28.8 Å². The third kappa shape index (κ3) is 3.61. The Labute approximate surface area is 178 Å². The summed E-state index contributed by atoms with van der Waals surface area (Å²) < 4.78 is 29.4. The molecule has 0 unspecified atom stereocenters. The van der Waals surface area contributed by atoms with Gasteiger partial charge in [-0.3, -0.25) is 9.69 Å². The third-order valence-corrected chi connectivity index (χ3v) is 8.18. The first-order valence-electron chi connectivity index (χ1n) is 8.68. The molecule has 1 fully saturated rings. The number of rotatable bonds is 4. The van der Waals surface area contributed by atoms with E-state index in [0.29, 0.717) is 4.91 Å². The summed E-state index contributed by atoms with van der Waals surface area (Å²) in [4.78, 5) is 18.0. The molecule has 4 rings (SSSR count). The van der Waals surface area contributed by atoms with Crippen LogP contribution in [0.3, 0.4) is 0 Å². The minimum absolute atomic E-state index is 0.0833. The molecule has 0 aliphatic carbocycles. The van der Waals surface area contributed by atoms with Crippen LogP contribution in [0.4, 0.5) is 5.69 Å². The third-order valence-electron chi connectivity index (χ3n) is 4.35. The molecule has 148 valence electrons. The highest BCUT2D eigenvalue weighted by Crippen LogP contribution is 2.49. The van der Waals surface area contributed by atoms with E-state index >= 15 is 0 Å². The van der Waals surface area contributed by atoms with Crippen LogP contribution in [-0.2, 0) is 14.8 Å². The first-order valence-corrected chi connectivity index (χ1v) is 11.7. The van der Waals surface area contributed by atoms with E-state index in [1.54, 1.807) is 24.3 Å². The standard InChI is InChI=1S/C20H17N3O3S3/c1-3-13-23-18(24)17(19-22(2)15-11-7-8-12-16(15)27-19)28-20(23)21-29(25,26)14-9-5-4-6-10-14/h3-12H,1,13H2,2H3/b19-17+,21-20-. The van der Waals surface area contributed by atoms with Crippen molar-refractivity contribution in [3.8, 4) is 0 Å². The molecule has 0 N–H and O–H groups in total. The molecule has 0 bridgehead atoms. The number of sulfonamides is 1. The molecule has 0 aromatic heterocycles. The molecule has 0 saturated carbocycles. The van der Waals surface area contributed by atoms with Crippen molar-refractivity contribution in [2.75, 3.05) is 18.5 Å². The lowest BCUT2D eigenvalue weighted by Gasteiger charge is -2.15. The van der Waals surface area contributed by atoms with Crippen molar-refractivity contribution >= 4 is 50.3 Å². The van der Waals surface area contributed by atoms with E-state index in [9.17, 15) is 13.2 Å². The van der Waals surface area contributed by atoms with Gasteiger partial charge >= 0.3 is 0 Å². The molecule has 29 heavy (non-hydrogen) atoms. The zero-order valence-electron chi connectivity index (χ0n) is 15.5. The summed E-state index contributed by atoms with van der Waals surface area (Å²) in [5.74, 6) is -0.279. The van der Waals surface area contributed by atoms with Gasteiger partial charge in [0.1, 0.15) is 4.91 Å². The van der Waals surface area contributed by atoms with Gasteiger partial charge in [0.15, 0.2) is 5.17 Å². The van der Waals surface area contributed by atoms with Crippen LogP contribution in [0, 0.1) is 0 Å². The Hall–Kier alpha value is -2.49. The molecule has 2 aromatic rings. The van der Waals surface area contributed by atoms with Crippen LogP contribution in [0.5, 0.6) is 0 Å². The molecule has 0 spiro atoms. The number of amides is 1. The normalized spacial score (nSPS) is 20.4. The van der Waals surface area contributed by atoms with Gasteiger partial charge < -0.3 is 4.90 Å². The van der Waals surface area contributed by atoms with Crippen molar-refractivity contribution in [1.82, 2.24) is 4.90 Å². The van der Waals surface area contributed by atoms with Crippen molar-refractivity contribution in [1.29, 1.82) is 0 Å². The fourth-order valence-corrected chi connectivity index (χ4v) is 6.50. The minimum Gasteiger partial charge on any atom is -0.337 e. The molecular formula is C20H17N3O3S3. The topological polar surface area (TPSA) is 70.1 Å². The summed E-state index contributed by atoms with van der Waals surface area (Å²) in [5, 5.41) is 0.892. The fourth-order valence-electron chi connectivity index (χ4n) is 2.94. The molecule has 2 aliphatic heterocycles. The summed E-state index contributed by atoms with van der Waals surface area (Å²) in [7, 11) is -2.04. The Morgan fingerprint density at radius 1 is 1.07 bits per heavy atom. The number of hydrogen-bond donors (Lipinski definition) is 0. The maximum absolute atomic E-state index is 13.1. The van der Waals surface area contributed by atoms with Crippen molar-refractivity contribution in [3.63, 3.8) is 0 Å². The van der Waals surface area contributed by atoms with Crippen LogP contribution in [0.25, 0.3) is 0 Å². The summed E-state index contributed by atoms with van der Waals surface area (Å²) in [6, 6.07) is 15.8. The van der Waals surface area contributed by atoms with Crippen LogP contribution in [0.2, 0.25) is 0 Å². The van der Waals surface area contributed by atoms with Gasteiger partial charge in [-0.15, -0.1) is 11.0 Å². The number of amidine groups is 1. The number of benzene rings is 2. The minimum atomic E-state index is -3.94. The zero-order valence-corrected chi connectivity index (χ0v) is 17.9. The molecule has 0 atom stereocenters. The predicted molar refractivity (Wildman–Crippen MR) is 118 cm³/mol. The van der Waals surface area contributed by atoms with Crippen molar-refractivity contribution in [3.05, 3.63) is 77.2 Å². The number of para-hydroxylation sites is 1. The zero-order chi connectivity index (χ0) is 20.6. The summed E-state index contributed by atoms with van der Waals surface area (Å²) >= 11 is 2.57. The smallest absolute Gasteiger partial charge is 0.284 e. The Balaban J connectivity index is 1.76. The van der Waals surface area contributed by atoms with Gasteiger partial charge in [0.2, 0.25) is 0 Å². The number of hydrogen-bond acceptors (Lipinski definition) is 6. The number of anilines is 1. The van der Waals surface area contributed by atoms with Crippen molar-refractivity contribution in [2.45, 2.75) is 9.79 Å². The molecule has 1 amide bonds. The first-order chi connectivity index (χ1) is 13.9. The lowest BCUT2D eigenvalue weighted by atomic mass is 10.3. The number of fused-ring (bicyclic) bond motifs is 1. The van der Waals surface area contributed by atoms with Gasteiger partial charge in [-0.1, -0.05) is 48.2 Å². The quantitative estimate of drug-likeness (QED) is 0.527. The Morgan fingerprint density at radius 2 is 1.76 bits per heavy atom. The van der Waals surface area contributed by atoms with E-state index in [2.05, 4.69) is 11.0 Å². The Kier molecular flexibility index (Phi) is 5.28. The van der Waals surface area contributed by atoms with E-state index < -0.39 is 10.0 Å². The highest BCUT2D eigenvalue weighted by molar-refractivity contribution is 8.19. The Bertz CT molecular complexity index is 1160. The van der Waals surface area contributed by atoms with E-state index in [1.807, 2.05) is 36.2 Å². The monoisotopic (exact) mass is 443 g/mol. The molecule has 2 aromatic carbocycles. The number of thioether (sulfide) groups is 2. The predicted octanol–water partition coefficient (Wildman–Crippen LogP) is 3.90. The SMILES string of the molecule is C=CCN1C(=O)/C(=C2\Sc3ccccc3N2C)S/C1=N\S(=O)(=O)c1ccccc1. The highest BCUT2D eigenvalue weighted by Gasteiger charge is 2.39. The summed E-state index contributed by atoms with van der Waals surface area (Å²) in [6.45, 7) is 3.85. The second-order valence-corrected chi connectivity index (χ2v) is 9.84. The van der Waals surface area contributed by atoms with Crippen LogP contribution < -0.4 is 4.90 Å². The molecule has 6 nitrogen and oxygen atoms in total. The maximum atomic E-state index is 13.1. The molecule has 9 heteroatoms. The summed E-state index contributed by atoms with van der Waals surface area (Å²) in [6.07, 6.45) is 1.55. The van der Waals surface area contributed by atoms with Gasteiger partial charge in [0.05, 0.1) is 15.6 Å². The van der Waals surface area contributed by atoms with Gasteiger partial charge in [-0.2, -0.15) is 8.42 Å². The number of nitrogens with zero attached hydrogens (tertiary/aromatic N) is 3. The van der Waals surface area contributed by atoms with Crippen LogP contribution in [0.15, 0.2) is 91.4 Å². The van der Waals surface area contributed by atoms with E-state index in [-0.39, 0.29) is 22.5 Å². The average molecular weight is 444 g/mol. The van der Waals surface area contributed by atoms with Crippen molar-refractivity contribution in [2.24, 2.45) is 4.40 Å². The molecule has 1 saturated heterocycles. The molecule has 2 aliphatic rings. The molecule has 0 radical (unpaired) electrons. The lowest BCUT2D eigenvalue weighted by Crippen LogP contribution is -2.30. The average Bonchev–Trinajstić information content (AvgIpc) is 3.20. The van der Waals surface area contributed by atoms with Gasteiger partial charge in [0, 0.05) is 18.5 Å². The lowest BCUT2D eigenvalue weighted by molar-refractivity contribution is -0.121. The second kappa shape index (κ2) is 7.74. The molecule has 2 heterocycles. The molecular weight excluding hydrogens is 426 g/mol. The van der Waals surface area contributed by atoms with Gasteiger partial charge in [-0.05, 0) is 36.0 Å². The van der Waals surface area contributed by atoms with Crippen LogP contribution >= 0.6 is 23.5 Å². The Morgan fingerprint density at radius 3 is 2.45 bits per heavy atom. The summed E-state index contributed by atoms with van der Waals surface area (Å²) in [5.41, 5.74) is 1.01. The second-order valence-electron chi connectivity index (χ2n) is 6.23. The van der Waals surface area contributed by atoms with Crippen LogP contribution in [0.1, 0.15) is 0 Å². The fraction of sp³-hybridized carbons (Fsp3) is 0.100. The largest absolute Gasteiger partial charge is 0.337 e. The number of carbonyl (C=O) groups is 1. The van der Waals surface area contributed by atoms with E-state index in [4.69, 9.17) is 0 Å². The van der Waals surface area contributed by atoms with Gasteiger partial charge in [-0.25, -0.2) is 0 Å².